The normalized spacial score (nSPS) is 17.5. The molecule has 0 spiro atoms. The third kappa shape index (κ3) is 2.01. The van der Waals surface area contributed by atoms with Crippen LogP contribution in [0.5, 0.6) is 0 Å². The van der Waals surface area contributed by atoms with Crippen LogP contribution in [0, 0.1) is 11.7 Å². The van der Waals surface area contributed by atoms with Gasteiger partial charge in [-0.15, -0.1) is 0 Å². The Morgan fingerprint density at radius 3 is 2.67 bits per heavy atom. The Balaban J connectivity index is 2.29. The van der Waals surface area contributed by atoms with E-state index < -0.39 is 5.91 Å². The molecule has 0 aromatic heterocycles. The number of carbonyl (C=O) groups excluding carboxylic acids is 1. The highest BCUT2D eigenvalue weighted by atomic mass is 19.1. The predicted octanol–water partition coefficient (Wildman–Crippen LogP) is 2.44. The molecule has 0 heterocycles. The first-order chi connectivity index (χ1) is 7.09. The number of amides is 1. The van der Waals surface area contributed by atoms with Gasteiger partial charge in [0.05, 0.1) is 0 Å². The van der Waals surface area contributed by atoms with E-state index in [-0.39, 0.29) is 17.3 Å². The number of hydrogen-bond acceptors (Lipinski definition) is 1. The van der Waals surface area contributed by atoms with Gasteiger partial charge in [-0.1, -0.05) is 13.0 Å². The van der Waals surface area contributed by atoms with E-state index in [9.17, 15) is 9.18 Å². The number of primary amides is 1. The maximum absolute atomic E-state index is 13.6. The first-order valence-corrected chi connectivity index (χ1v) is 5.19. The summed E-state index contributed by atoms with van der Waals surface area (Å²) < 4.78 is 13.6. The van der Waals surface area contributed by atoms with Gasteiger partial charge in [-0.2, -0.15) is 0 Å². The minimum atomic E-state index is -0.584. The van der Waals surface area contributed by atoms with Gasteiger partial charge in [-0.3, -0.25) is 4.79 Å². The minimum Gasteiger partial charge on any atom is -0.366 e. The van der Waals surface area contributed by atoms with Crippen molar-refractivity contribution in [1.82, 2.24) is 0 Å². The zero-order chi connectivity index (χ0) is 11.0. The summed E-state index contributed by atoms with van der Waals surface area (Å²) in [5.41, 5.74) is 6.01. The Hall–Kier alpha value is -1.38. The third-order valence-corrected chi connectivity index (χ3v) is 3.10. The van der Waals surface area contributed by atoms with E-state index in [4.69, 9.17) is 5.73 Å². The summed E-state index contributed by atoms with van der Waals surface area (Å²) in [5.74, 6) is -0.0453. The van der Waals surface area contributed by atoms with Gasteiger partial charge in [-0.25, -0.2) is 4.39 Å². The summed E-state index contributed by atoms with van der Waals surface area (Å²) in [7, 11) is 0. The van der Waals surface area contributed by atoms with Crippen LogP contribution in [0.3, 0.4) is 0 Å². The third-order valence-electron chi connectivity index (χ3n) is 3.10. The largest absolute Gasteiger partial charge is 0.366 e. The lowest BCUT2D eigenvalue weighted by atomic mass is 9.95. The van der Waals surface area contributed by atoms with Crippen molar-refractivity contribution in [2.45, 2.75) is 25.7 Å². The molecule has 0 aliphatic heterocycles. The van der Waals surface area contributed by atoms with E-state index >= 15 is 0 Å². The van der Waals surface area contributed by atoms with Gasteiger partial charge in [0.1, 0.15) is 5.82 Å². The molecule has 1 aromatic rings. The molecule has 1 aliphatic carbocycles. The first-order valence-electron chi connectivity index (χ1n) is 5.19. The summed E-state index contributed by atoms with van der Waals surface area (Å²) in [6.45, 7) is 2.03. The smallest absolute Gasteiger partial charge is 0.248 e. The van der Waals surface area contributed by atoms with Crippen LogP contribution in [0.15, 0.2) is 18.2 Å². The lowest BCUT2D eigenvalue weighted by Crippen LogP contribution is -2.12. The molecule has 15 heavy (non-hydrogen) atoms. The van der Waals surface area contributed by atoms with Crippen LogP contribution in [-0.2, 0) is 0 Å². The minimum absolute atomic E-state index is 0.235. The van der Waals surface area contributed by atoms with Gasteiger partial charge in [0.15, 0.2) is 0 Å². The second-order valence-electron chi connectivity index (χ2n) is 4.23. The standard InChI is InChI=1S/C12H14FNO/c1-7(8-2-3-8)10-5-4-9(12(14)15)6-11(10)13/h4-8H,2-3H2,1H3,(H2,14,15)/t7-/m1/s1. The van der Waals surface area contributed by atoms with Crippen molar-refractivity contribution in [3.8, 4) is 0 Å². The zero-order valence-corrected chi connectivity index (χ0v) is 8.66. The van der Waals surface area contributed by atoms with Gasteiger partial charge in [0.25, 0.3) is 0 Å². The van der Waals surface area contributed by atoms with Crippen LogP contribution in [-0.4, -0.2) is 5.91 Å². The fraction of sp³-hybridized carbons (Fsp3) is 0.417. The Bertz CT molecular complexity index is 399. The second-order valence-corrected chi connectivity index (χ2v) is 4.23. The van der Waals surface area contributed by atoms with Gasteiger partial charge in [0, 0.05) is 5.56 Å². The maximum atomic E-state index is 13.6. The highest BCUT2D eigenvalue weighted by Gasteiger charge is 2.30. The fourth-order valence-electron chi connectivity index (χ4n) is 1.90. The average molecular weight is 207 g/mol. The summed E-state index contributed by atoms with van der Waals surface area (Å²) in [4.78, 5) is 10.8. The molecule has 0 saturated heterocycles. The molecule has 1 amide bonds. The van der Waals surface area contributed by atoms with Crippen LogP contribution in [0.1, 0.15) is 41.6 Å². The van der Waals surface area contributed by atoms with Crippen molar-refractivity contribution in [3.05, 3.63) is 35.1 Å². The number of hydrogen-bond donors (Lipinski definition) is 1. The summed E-state index contributed by atoms with van der Waals surface area (Å²) in [5, 5.41) is 0. The number of rotatable bonds is 3. The summed E-state index contributed by atoms with van der Waals surface area (Å²) in [6.07, 6.45) is 2.36. The summed E-state index contributed by atoms with van der Waals surface area (Å²) >= 11 is 0. The molecular formula is C12H14FNO. The SMILES string of the molecule is C[C@@H](c1ccc(C(N)=O)cc1F)C1CC1. The first kappa shape index (κ1) is 10.1. The topological polar surface area (TPSA) is 43.1 Å². The van der Waals surface area contributed by atoms with E-state index in [1.54, 1.807) is 12.1 Å². The highest BCUT2D eigenvalue weighted by Crippen LogP contribution is 2.42. The van der Waals surface area contributed by atoms with Gasteiger partial charge >= 0.3 is 0 Å². The quantitative estimate of drug-likeness (QED) is 0.812. The molecule has 0 radical (unpaired) electrons. The summed E-state index contributed by atoms with van der Waals surface area (Å²) in [6, 6.07) is 4.51. The van der Waals surface area contributed by atoms with Crippen LogP contribution >= 0.6 is 0 Å². The highest BCUT2D eigenvalue weighted by molar-refractivity contribution is 5.92. The predicted molar refractivity (Wildman–Crippen MR) is 56.1 cm³/mol. The second kappa shape index (κ2) is 3.65. The lowest BCUT2D eigenvalue weighted by molar-refractivity contribution is 0.1000. The number of carbonyl (C=O) groups is 1. The Morgan fingerprint density at radius 2 is 2.20 bits per heavy atom. The van der Waals surface area contributed by atoms with E-state index in [1.165, 1.54) is 18.9 Å². The van der Waals surface area contributed by atoms with Crippen LogP contribution in [0.4, 0.5) is 4.39 Å². The zero-order valence-electron chi connectivity index (χ0n) is 8.66. The number of benzene rings is 1. The Kier molecular flexibility index (Phi) is 2.47. The molecule has 2 rings (SSSR count). The molecular weight excluding hydrogens is 193 g/mol. The molecule has 2 nitrogen and oxygen atoms in total. The number of halogens is 1. The molecule has 3 heteroatoms. The lowest BCUT2D eigenvalue weighted by Gasteiger charge is -2.11. The van der Waals surface area contributed by atoms with Crippen molar-refractivity contribution in [2.75, 3.05) is 0 Å². The molecule has 0 unspecified atom stereocenters. The van der Waals surface area contributed by atoms with Gasteiger partial charge in [-0.05, 0) is 42.4 Å². The number of nitrogens with two attached hydrogens (primary N) is 1. The van der Waals surface area contributed by atoms with Crippen LogP contribution < -0.4 is 5.73 Å². The maximum Gasteiger partial charge on any atom is 0.248 e. The van der Waals surface area contributed by atoms with Gasteiger partial charge < -0.3 is 5.73 Å². The molecule has 1 saturated carbocycles. The molecule has 0 bridgehead atoms. The molecule has 2 N–H and O–H groups in total. The monoisotopic (exact) mass is 207 g/mol. The van der Waals surface area contributed by atoms with Crippen molar-refractivity contribution >= 4 is 5.91 Å². The Morgan fingerprint density at radius 1 is 1.53 bits per heavy atom. The van der Waals surface area contributed by atoms with E-state index in [0.29, 0.717) is 11.5 Å². The molecule has 1 fully saturated rings. The van der Waals surface area contributed by atoms with Crippen molar-refractivity contribution in [3.63, 3.8) is 0 Å². The molecule has 1 aromatic carbocycles. The van der Waals surface area contributed by atoms with Gasteiger partial charge in [0.2, 0.25) is 5.91 Å². The van der Waals surface area contributed by atoms with Crippen molar-refractivity contribution in [2.24, 2.45) is 11.7 Å². The average Bonchev–Trinajstić information content (AvgIpc) is 2.99. The van der Waals surface area contributed by atoms with E-state index in [0.717, 1.165) is 0 Å². The molecule has 1 aliphatic rings. The van der Waals surface area contributed by atoms with Crippen LogP contribution in [0.2, 0.25) is 0 Å². The van der Waals surface area contributed by atoms with E-state index in [2.05, 4.69) is 0 Å². The van der Waals surface area contributed by atoms with Crippen molar-refractivity contribution < 1.29 is 9.18 Å². The Labute approximate surface area is 88.3 Å². The molecule has 80 valence electrons. The fourth-order valence-corrected chi connectivity index (χ4v) is 1.90. The van der Waals surface area contributed by atoms with E-state index in [1.807, 2.05) is 6.92 Å². The molecule has 1 atom stereocenters. The van der Waals surface area contributed by atoms with Crippen LogP contribution in [0.25, 0.3) is 0 Å². The van der Waals surface area contributed by atoms with Crippen molar-refractivity contribution in [1.29, 1.82) is 0 Å².